The van der Waals surface area contributed by atoms with Gasteiger partial charge in [0.15, 0.2) is 5.96 Å². The fourth-order valence-electron chi connectivity index (χ4n) is 3.82. The van der Waals surface area contributed by atoms with Crippen LogP contribution in [0.3, 0.4) is 0 Å². The number of hydrogen-bond donors (Lipinski definition) is 1. The van der Waals surface area contributed by atoms with E-state index in [1.807, 2.05) is 24.3 Å². The molecule has 2 aliphatic heterocycles. The zero-order chi connectivity index (χ0) is 19.9. The largest absolute Gasteiger partial charge is 0.497 e. The van der Waals surface area contributed by atoms with E-state index in [4.69, 9.17) is 9.73 Å². The van der Waals surface area contributed by atoms with Crippen LogP contribution in [0.15, 0.2) is 29.3 Å². The molecule has 162 valence electrons. The monoisotopic (exact) mass is 515 g/mol. The molecule has 1 aromatic carbocycles. The summed E-state index contributed by atoms with van der Waals surface area (Å²) >= 11 is 0. The third-order valence-electron chi connectivity index (χ3n) is 5.59. The van der Waals surface area contributed by atoms with Crippen LogP contribution in [0, 0.1) is 0 Å². The van der Waals surface area contributed by atoms with Crippen molar-refractivity contribution < 1.29 is 9.53 Å². The van der Waals surface area contributed by atoms with Gasteiger partial charge in [0.2, 0.25) is 5.91 Å². The van der Waals surface area contributed by atoms with Crippen LogP contribution in [-0.2, 0) is 11.3 Å². The number of ether oxygens (including phenoxy) is 1. The number of likely N-dealkylation sites (tertiary alicyclic amines) is 2. The first kappa shape index (κ1) is 23.7. The molecule has 0 bridgehead atoms. The SMILES string of the molecule is COc1ccc(CN=C(NCC(=O)N(C)C)N2CCC(N3CCCC3)C2)cc1.I. The van der Waals surface area contributed by atoms with E-state index in [1.165, 1.54) is 25.9 Å². The molecule has 1 atom stereocenters. The Morgan fingerprint density at radius 1 is 1.21 bits per heavy atom. The van der Waals surface area contributed by atoms with Gasteiger partial charge in [0.25, 0.3) is 0 Å². The predicted octanol–water partition coefficient (Wildman–Crippen LogP) is 2.02. The Morgan fingerprint density at radius 3 is 2.52 bits per heavy atom. The smallest absolute Gasteiger partial charge is 0.241 e. The molecule has 1 unspecified atom stereocenters. The maximum Gasteiger partial charge on any atom is 0.241 e. The number of halogens is 1. The normalized spacial score (nSPS) is 19.8. The van der Waals surface area contributed by atoms with E-state index in [0.29, 0.717) is 12.6 Å². The number of amides is 1. The summed E-state index contributed by atoms with van der Waals surface area (Å²) < 4.78 is 5.22. The molecule has 1 amide bonds. The number of rotatable bonds is 6. The molecule has 2 heterocycles. The lowest BCUT2D eigenvalue weighted by molar-refractivity contribution is -0.127. The van der Waals surface area contributed by atoms with Gasteiger partial charge in [-0.3, -0.25) is 9.69 Å². The minimum absolute atomic E-state index is 0. The summed E-state index contributed by atoms with van der Waals surface area (Å²) in [6, 6.07) is 8.56. The second kappa shape index (κ2) is 11.6. The third kappa shape index (κ3) is 6.74. The zero-order valence-electron chi connectivity index (χ0n) is 17.8. The van der Waals surface area contributed by atoms with Crippen molar-refractivity contribution in [3.63, 3.8) is 0 Å². The van der Waals surface area contributed by atoms with Gasteiger partial charge in [-0.1, -0.05) is 12.1 Å². The van der Waals surface area contributed by atoms with Crippen LogP contribution in [0.4, 0.5) is 0 Å². The summed E-state index contributed by atoms with van der Waals surface area (Å²) in [5.74, 6) is 1.72. The quantitative estimate of drug-likeness (QED) is 0.357. The van der Waals surface area contributed by atoms with Gasteiger partial charge in [-0.15, -0.1) is 24.0 Å². The van der Waals surface area contributed by atoms with Crippen molar-refractivity contribution in [2.45, 2.75) is 31.8 Å². The average molecular weight is 515 g/mol. The predicted molar refractivity (Wildman–Crippen MR) is 127 cm³/mol. The minimum atomic E-state index is 0. The number of hydrogen-bond acceptors (Lipinski definition) is 4. The van der Waals surface area contributed by atoms with Crippen molar-refractivity contribution in [3.8, 4) is 5.75 Å². The summed E-state index contributed by atoms with van der Waals surface area (Å²) in [6.07, 6.45) is 3.78. The fourth-order valence-corrected chi connectivity index (χ4v) is 3.82. The molecule has 2 aliphatic rings. The molecular formula is C21H34IN5O2. The van der Waals surface area contributed by atoms with Crippen LogP contribution in [0.5, 0.6) is 5.75 Å². The van der Waals surface area contributed by atoms with Crippen molar-refractivity contribution in [2.75, 3.05) is 53.9 Å². The number of aliphatic imine (C=N–C) groups is 1. The van der Waals surface area contributed by atoms with Gasteiger partial charge in [0, 0.05) is 33.2 Å². The highest BCUT2D eigenvalue weighted by molar-refractivity contribution is 14.0. The Balaban J connectivity index is 0.00000300. The number of benzene rings is 1. The molecule has 0 aliphatic carbocycles. The highest BCUT2D eigenvalue weighted by Crippen LogP contribution is 2.20. The third-order valence-corrected chi connectivity index (χ3v) is 5.59. The van der Waals surface area contributed by atoms with Crippen molar-refractivity contribution in [2.24, 2.45) is 4.99 Å². The fraction of sp³-hybridized carbons (Fsp3) is 0.619. The number of nitrogens with zero attached hydrogens (tertiary/aromatic N) is 4. The first-order valence-electron chi connectivity index (χ1n) is 10.2. The number of methoxy groups -OCH3 is 1. The van der Waals surface area contributed by atoms with Crippen molar-refractivity contribution in [1.82, 2.24) is 20.0 Å². The molecule has 1 aromatic rings. The molecule has 3 rings (SSSR count). The number of nitrogens with one attached hydrogen (secondary N) is 1. The first-order valence-corrected chi connectivity index (χ1v) is 10.2. The zero-order valence-corrected chi connectivity index (χ0v) is 20.1. The molecule has 29 heavy (non-hydrogen) atoms. The maximum absolute atomic E-state index is 12.0. The van der Waals surface area contributed by atoms with E-state index in [-0.39, 0.29) is 36.4 Å². The summed E-state index contributed by atoms with van der Waals surface area (Å²) in [5.41, 5.74) is 1.12. The van der Waals surface area contributed by atoms with E-state index in [2.05, 4.69) is 15.1 Å². The number of likely N-dealkylation sites (N-methyl/N-ethyl adjacent to an activating group) is 1. The van der Waals surface area contributed by atoms with Gasteiger partial charge in [-0.05, 0) is 50.0 Å². The Hall–Kier alpha value is -1.55. The Morgan fingerprint density at radius 2 is 1.90 bits per heavy atom. The molecule has 0 aromatic heterocycles. The molecule has 2 saturated heterocycles. The van der Waals surface area contributed by atoms with Crippen molar-refractivity contribution in [1.29, 1.82) is 0 Å². The van der Waals surface area contributed by atoms with Gasteiger partial charge in [-0.25, -0.2) is 4.99 Å². The van der Waals surface area contributed by atoms with Crippen molar-refractivity contribution >= 4 is 35.8 Å². The van der Waals surface area contributed by atoms with Crippen molar-refractivity contribution in [3.05, 3.63) is 29.8 Å². The molecular weight excluding hydrogens is 481 g/mol. The molecule has 0 radical (unpaired) electrons. The van der Waals surface area contributed by atoms with E-state index in [1.54, 1.807) is 26.1 Å². The Bertz CT molecular complexity index is 674. The maximum atomic E-state index is 12.0. The topological polar surface area (TPSA) is 60.4 Å². The molecule has 7 nitrogen and oxygen atoms in total. The van der Waals surface area contributed by atoms with Crippen LogP contribution in [0.2, 0.25) is 0 Å². The average Bonchev–Trinajstić information content (AvgIpc) is 3.40. The lowest BCUT2D eigenvalue weighted by atomic mass is 10.2. The molecule has 0 saturated carbocycles. The van der Waals surface area contributed by atoms with E-state index in [9.17, 15) is 4.79 Å². The number of guanidine groups is 1. The van der Waals surface area contributed by atoms with Crippen LogP contribution >= 0.6 is 24.0 Å². The first-order chi connectivity index (χ1) is 13.6. The Kier molecular flexibility index (Phi) is 9.48. The summed E-state index contributed by atoms with van der Waals surface area (Å²) in [5, 5.41) is 3.29. The van der Waals surface area contributed by atoms with E-state index >= 15 is 0 Å². The lowest BCUT2D eigenvalue weighted by Crippen LogP contribution is -2.45. The summed E-state index contributed by atoms with van der Waals surface area (Å²) in [6.45, 7) is 5.22. The van der Waals surface area contributed by atoms with Gasteiger partial charge >= 0.3 is 0 Å². The summed E-state index contributed by atoms with van der Waals surface area (Å²) in [4.78, 5) is 23.4. The summed E-state index contributed by atoms with van der Waals surface area (Å²) in [7, 11) is 5.22. The molecule has 0 spiro atoms. The van der Waals surface area contributed by atoms with E-state index in [0.717, 1.165) is 36.8 Å². The van der Waals surface area contributed by atoms with Gasteiger partial charge < -0.3 is 19.9 Å². The molecule has 1 N–H and O–H groups in total. The van der Waals surface area contributed by atoms with Crippen LogP contribution in [-0.4, -0.2) is 86.5 Å². The molecule has 8 heteroatoms. The highest BCUT2D eigenvalue weighted by atomic mass is 127. The van der Waals surface area contributed by atoms with Crippen LogP contribution in [0.1, 0.15) is 24.8 Å². The second-order valence-electron chi connectivity index (χ2n) is 7.76. The minimum Gasteiger partial charge on any atom is -0.497 e. The van der Waals surface area contributed by atoms with Crippen LogP contribution < -0.4 is 10.1 Å². The molecule has 2 fully saturated rings. The van der Waals surface area contributed by atoms with E-state index < -0.39 is 0 Å². The van der Waals surface area contributed by atoms with Gasteiger partial charge in [0.1, 0.15) is 5.75 Å². The van der Waals surface area contributed by atoms with Gasteiger partial charge in [0.05, 0.1) is 20.2 Å². The second-order valence-corrected chi connectivity index (χ2v) is 7.76. The van der Waals surface area contributed by atoms with Crippen LogP contribution in [0.25, 0.3) is 0 Å². The van der Waals surface area contributed by atoms with Gasteiger partial charge in [-0.2, -0.15) is 0 Å². The Labute approximate surface area is 191 Å². The number of carbonyl (C=O) groups excluding carboxylic acids is 1. The number of carbonyl (C=O) groups is 1. The highest BCUT2D eigenvalue weighted by Gasteiger charge is 2.30. The standard InChI is InChI=1S/C21H33N5O2.HI/c1-24(2)20(27)15-23-21(22-14-17-6-8-19(28-3)9-7-17)26-13-10-18(16-26)25-11-4-5-12-25;/h6-9,18H,4-5,10-16H2,1-3H3,(H,22,23);1H. The lowest BCUT2D eigenvalue weighted by Gasteiger charge is -2.26.